The van der Waals surface area contributed by atoms with E-state index in [-0.39, 0.29) is 11.2 Å². The quantitative estimate of drug-likeness (QED) is 0.743. The molecule has 0 N–H and O–H groups in total. The second kappa shape index (κ2) is 5.40. The highest BCUT2D eigenvalue weighted by molar-refractivity contribution is 6.22. The van der Waals surface area contributed by atoms with Crippen molar-refractivity contribution in [3.05, 3.63) is 65.0 Å². The summed E-state index contributed by atoms with van der Waals surface area (Å²) in [5.74, 6) is 0.579. The van der Waals surface area contributed by atoms with Gasteiger partial charge in [-0.15, -0.1) is 11.6 Å². The summed E-state index contributed by atoms with van der Waals surface area (Å²) in [7, 11) is 1.64. The molecule has 1 nitrogen and oxygen atoms in total. The Bertz CT molecular complexity index is 537. The van der Waals surface area contributed by atoms with Crippen LogP contribution >= 0.6 is 11.6 Å². The Balaban J connectivity index is 2.31. The Morgan fingerprint density at radius 3 is 2.22 bits per heavy atom. The average Bonchev–Trinajstić information content (AvgIpc) is 2.38. The monoisotopic (exact) mass is 264 g/mol. The largest absolute Gasteiger partial charge is 0.496 e. The van der Waals surface area contributed by atoms with Crippen molar-refractivity contribution in [2.75, 3.05) is 7.11 Å². The zero-order valence-corrected chi connectivity index (χ0v) is 11.0. The first-order valence-corrected chi connectivity index (χ1v) is 6.09. The normalized spacial score (nSPS) is 12.2. The second-order valence-corrected chi connectivity index (χ2v) is 4.58. The molecule has 2 aromatic rings. The minimum absolute atomic E-state index is 0.256. The molecule has 0 spiro atoms. The van der Waals surface area contributed by atoms with Gasteiger partial charge in [0.1, 0.15) is 11.6 Å². The molecule has 0 aliphatic rings. The summed E-state index contributed by atoms with van der Waals surface area (Å²) in [6.45, 7) is 1.97. The predicted molar refractivity (Wildman–Crippen MR) is 71.8 cm³/mol. The fourth-order valence-corrected chi connectivity index (χ4v) is 2.16. The number of alkyl halides is 1. The van der Waals surface area contributed by atoms with Crippen LogP contribution in [0.3, 0.4) is 0 Å². The molecular weight excluding hydrogens is 251 g/mol. The summed E-state index contributed by atoms with van der Waals surface area (Å²) in [6.07, 6.45) is 0. The zero-order chi connectivity index (χ0) is 13.1. The maximum absolute atomic E-state index is 12.9. The number of aryl methyl sites for hydroxylation is 1. The van der Waals surface area contributed by atoms with E-state index in [0.717, 1.165) is 22.4 Å². The first-order chi connectivity index (χ1) is 8.61. The third-order valence-corrected chi connectivity index (χ3v) is 3.38. The fourth-order valence-electron chi connectivity index (χ4n) is 1.88. The fraction of sp³-hybridized carbons (Fsp3) is 0.200. The summed E-state index contributed by atoms with van der Waals surface area (Å²) in [6, 6.07) is 12.0. The van der Waals surface area contributed by atoms with Crippen LogP contribution in [0, 0.1) is 12.7 Å². The van der Waals surface area contributed by atoms with Gasteiger partial charge in [0.25, 0.3) is 0 Å². The number of hydrogen-bond acceptors (Lipinski definition) is 1. The molecule has 0 radical (unpaired) electrons. The van der Waals surface area contributed by atoms with Gasteiger partial charge in [-0.05, 0) is 41.8 Å². The molecule has 0 saturated carbocycles. The molecule has 1 unspecified atom stereocenters. The van der Waals surface area contributed by atoms with Gasteiger partial charge in [0.05, 0.1) is 12.5 Å². The van der Waals surface area contributed by atoms with Gasteiger partial charge >= 0.3 is 0 Å². The number of hydrogen-bond donors (Lipinski definition) is 0. The van der Waals surface area contributed by atoms with Gasteiger partial charge < -0.3 is 4.74 Å². The van der Waals surface area contributed by atoms with Crippen molar-refractivity contribution >= 4 is 11.6 Å². The molecule has 94 valence electrons. The summed E-state index contributed by atoms with van der Waals surface area (Å²) < 4.78 is 18.1. The van der Waals surface area contributed by atoms with Crippen LogP contribution in [0.1, 0.15) is 22.1 Å². The molecule has 0 aliphatic carbocycles. The third kappa shape index (κ3) is 2.65. The maximum atomic E-state index is 12.9. The Morgan fingerprint density at radius 1 is 1.06 bits per heavy atom. The smallest absolute Gasteiger partial charge is 0.123 e. The maximum Gasteiger partial charge on any atom is 0.123 e. The SMILES string of the molecule is COc1ccc(C(Cl)c2ccc(F)cc2)cc1C. The van der Waals surface area contributed by atoms with Gasteiger partial charge in [-0.1, -0.05) is 24.3 Å². The Labute approximate surface area is 111 Å². The molecule has 0 bridgehead atoms. The Kier molecular flexibility index (Phi) is 3.87. The van der Waals surface area contributed by atoms with E-state index in [1.807, 2.05) is 25.1 Å². The van der Waals surface area contributed by atoms with E-state index in [1.54, 1.807) is 19.2 Å². The molecule has 0 saturated heterocycles. The van der Waals surface area contributed by atoms with Gasteiger partial charge in [-0.25, -0.2) is 4.39 Å². The molecule has 18 heavy (non-hydrogen) atoms. The molecule has 0 aromatic heterocycles. The van der Waals surface area contributed by atoms with Crippen LogP contribution in [-0.4, -0.2) is 7.11 Å². The van der Waals surface area contributed by atoms with Gasteiger partial charge in [-0.3, -0.25) is 0 Å². The predicted octanol–water partition coefficient (Wildman–Crippen LogP) is 4.47. The summed E-state index contributed by atoms with van der Waals surface area (Å²) in [5.41, 5.74) is 2.88. The third-order valence-electron chi connectivity index (χ3n) is 2.87. The van der Waals surface area contributed by atoms with Crippen molar-refractivity contribution in [2.24, 2.45) is 0 Å². The number of rotatable bonds is 3. The van der Waals surface area contributed by atoms with E-state index < -0.39 is 0 Å². The van der Waals surface area contributed by atoms with Crippen LogP contribution < -0.4 is 4.74 Å². The standard InChI is InChI=1S/C15H14ClFO/c1-10-9-12(5-8-14(10)18-2)15(16)11-3-6-13(17)7-4-11/h3-9,15H,1-2H3. The first-order valence-electron chi connectivity index (χ1n) is 5.66. The second-order valence-electron chi connectivity index (χ2n) is 4.14. The van der Waals surface area contributed by atoms with Gasteiger partial charge in [0.15, 0.2) is 0 Å². The van der Waals surface area contributed by atoms with Gasteiger partial charge in [0.2, 0.25) is 0 Å². The topological polar surface area (TPSA) is 9.23 Å². The summed E-state index contributed by atoms with van der Waals surface area (Å²) >= 11 is 6.39. The molecule has 3 heteroatoms. The molecule has 0 fully saturated rings. The molecule has 2 aromatic carbocycles. The number of halogens is 2. The molecule has 0 heterocycles. The van der Waals surface area contributed by atoms with Crippen molar-refractivity contribution < 1.29 is 9.13 Å². The van der Waals surface area contributed by atoms with Crippen molar-refractivity contribution in [3.8, 4) is 5.75 Å². The van der Waals surface area contributed by atoms with Gasteiger partial charge in [0, 0.05) is 0 Å². The van der Waals surface area contributed by atoms with Crippen LogP contribution in [0.5, 0.6) is 5.75 Å². The minimum Gasteiger partial charge on any atom is -0.496 e. The van der Waals surface area contributed by atoms with Crippen molar-refractivity contribution in [1.82, 2.24) is 0 Å². The van der Waals surface area contributed by atoms with E-state index >= 15 is 0 Å². The van der Waals surface area contributed by atoms with Crippen LogP contribution in [0.2, 0.25) is 0 Å². The molecule has 0 amide bonds. The van der Waals surface area contributed by atoms with Crippen LogP contribution in [-0.2, 0) is 0 Å². The molecule has 1 atom stereocenters. The lowest BCUT2D eigenvalue weighted by molar-refractivity contribution is 0.411. The number of methoxy groups -OCH3 is 1. The highest BCUT2D eigenvalue weighted by atomic mass is 35.5. The summed E-state index contributed by atoms with van der Waals surface area (Å²) in [5, 5.41) is -0.282. The lowest BCUT2D eigenvalue weighted by atomic mass is 10.0. The lowest BCUT2D eigenvalue weighted by Crippen LogP contribution is -1.95. The molecule has 2 rings (SSSR count). The van der Waals surface area contributed by atoms with E-state index in [1.165, 1.54) is 12.1 Å². The van der Waals surface area contributed by atoms with Gasteiger partial charge in [-0.2, -0.15) is 0 Å². The van der Waals surface area contributed by atoms with E-state index in [4.69, 9.17) is 16.3 Å². The minimum atomic E-state index is -0.282. The highest BCUT2D eigenvalue weighted by Crippen LogP contribution is 2.31. The Hall–Kier alpha value is -1.54. The van der Waals surface area contributed by atoms with Crippen molar-refractivity contribution in [1.29, 1.82) is 0 Å². The van der Waals surface area contributed by atoms with Crippen LogP contribution in [0.4, 0.5) is 4.39 Å². The molecule has 0 aliphatic heterocycles. The highest BCUT2D eigenvalue weighted by Gasteiger charge is 2.12. The Morgan fingerprint density at radius 2 is 1.67 bits per heavy atom. The first kappa shape index (κ1) is 12.9. The van der Waals surface area contributed by atoms with E-state index in [0.29, 0.717) is 0 Å². The lowest BCUT2D eigenvalue weighted by Gasteiger charge is -2.13. The number of benzene rings is 2. The van der Waals surface area contributed by atoms with E-state index in [9.17, 15) is 4.39 Å². The summed E-state index contributed by atoms with van der Waals surface area (Å²) in [4.78, 5) is 0. The van der Waals surface area contributed by atoms with E-state index in [2.05, 4.69) is 0 Å². The van der Waals surface area contributed by atoms with Crippen molar-refractivity contribution in [3.63, 3.8) is 0 Å². The van der Waals surface area contributed by atoms with Crippen molar-refractivity contribution in [2.45, 2.75) is 12.3 Å². The zero-order valence-electron chi connectivity index (χ0n) is 10.3. The molecular formula is C15H14ClFO. The van der Waals surface area contributed by atoms with Crippen LogP contribution in [0.15, 0.2) is 42.5 Å². The number of ether oxygens (including phenoxy) is 1. The average molecular weight is 265 g/mol. The van der Waals surface area contributed by atoms with Crippen LogP contribution in [0.25, 0.3) is 0 Å².